The summed E-state index contributed by atoms with van der Waals surface area (Å²) in [5.41, 5.74) is 6.25. The summed E-state index contributed by atoms with van der Waals surface area (Å²) in [7, 11) is 6.38. The highest BCUT2D eigenvalue weighted by atomic mass is 19.1. The second-order valence-corrected chi connectivity index (χ2v) is 29.2. The minimum atomic E-state index is -3.23. The Hall–Kier alpha value is -15.0. The molecule has 24 nitrogen and oxygen atoms in total. The van der Waals surface area contributed by atoms with Gasteiger partial charge in [-0.2, -0.15) is 21.0 Å². The number of nitrogens with one attached hydrogen (secondary N) is 4. The number of allylic oxidation sites excluding steroid dienone is 4. The Kier molecular flexibility index (Phi) is 24.0. The van der Waals surface area contributed by atoms with Crippen molar-refractivity contribution in [2.75, 3.05) is 130 Å². The number of carbonyl (C=O) groups excluding carboxylic acids is 4. The van der Waals surface area contributed by atoms with E-state index in [0.717, 1.165) is 19.6 Å². The maximum Gasteiger partial charge on any atom is 0.159 e. The van der Waals surface area contributed by atoms with Gasteiger partial charge in [0.25, 0.3) is 0 Å². The average Bonchev–Trinajstić information content (AvgIpc) is 0.764. The molecule has 0 saturated carbocycles. The summed E-state index contributed by atoms with van der Waals surface area (Å²) in [5, 5.41) is 52.6. The first kappa shape index (κ1) is 64.7. The van der Waals surface area contributed by atoms with Gasteiger partial charge in [-0.05, 0) is 255 Å². The standard InChI is InChI=1S/4C26H27FN4O2/c4*1-5-33-25-14-24-22(13-18(25)12-21(32)7-6-10-31(3)4)26(19(15-28)16-29-24)30-20-8-9-23(27)17(2)11-20/h4*6-9,11,13-14,16H,5,10,12H2,1-4H3,(H,29,30)/b4*7-6+/i1D3,5D2,6D,7D,10D2;1D3,3D3,5D2,6D,7D;3D3,5D2,6D,7D;3D3,6D,7D. The second kappa shape index (κ2) is 48.9. The van der Waals surface area contributed by atoms with Gasteiger partial charge in [0.2, 0.25) is 0 Å². The molecule has 28 heteroatoms. The zero-order valence-electron chi connectivity index (χ0n) is 104. The van der Waals surface area contributed by atoms with E-state index in [-0.39, 0.29) is 95.9 Å². The minimum Gasteiger partial charge on any atom is -0.494 e. The van der Waals surface area contributed by atoms with Crippen LogP contribution in [0.25, 0.3) is 43.6 Å². The van der Waals surface area contributed by atoms with Crippen LogP contribution >= 0.6 is 0 Å². The van der Waals surface area contributed by atoms with E-state index in [1.807, 2.05) is 18.2 Å². The van der Waals surface area contributed by atoms with Crippen LogP contribution in [0.15, 0.2) is 195 Å². The Morgan fingerprint density at radius 2 is 0.644 bits per heavy atom. The van der Waals surface area contributed by atoms with Crippen molar-refractivity contribution in [2.45, 2.75) is 80.9 Å². The highest BCUT2D eigenvalue weighted by Crippen LogP contribution is 2.40. The number of nitriles is 4. The molecule has 0 bridgehead atoms. The van der Waals surface area contributed by atoms with Crippen molar-refractivity contribution in [2.24, 2.45) is 0 Å². The highest BCUT2D eigenvalue weighted by Gasteiger charge is 2.23. The summed E-state index contributed by atoms with van der Waals surface area (Å²) in [6.07, 6.45) is 2.99. The van der Waals surface area contributed by atoms with Crippen LogP contribution in [0.4, 0.5) is 63.1 Å². The Bertz CT molecular complexity index is 8080. The van der Waals surface area contributed by atoms with E-state index < -0.39 is 194 Å². The van der Waals surface area contributed by atoms with Crippen LogP contribution in [-0.4, -0.2) is 171 Å². The smallest absolute Gasteiger partial charge is 0.159 e. The fraction of sp³-hybridized carbons (Fsp3) is 0.269. The number of likely N-dealkylation sites (N-methyl/N-ethyl adjacent to an activating group) is 4. The average molecular weight is 1820 g/mol. The summed E-state index contributed by atoms with van der Waals surface area (Å²) >= 11 is 0. The molecular weight excluding hydrogens is 1680 g/mol. The first-order valence-corrected chi connectivity index (χ1v) is 39.8. The van der Waals surface area contributed by atoms with Crippen molar-refractivity contribution in [3.05, 3.63) is 285 Å². The SMILES string of the molecule is [2H]/C(C(=O)Cc1cc2c(Nc3ccc(F)c(C)c3)c(C#N)cnc2cc1OC([2H])([2H])C([2H])([2H])[2H])=C(/[2H])C([2H])([2H])N(C)C.[2H]/C(CN(C)C([2H])([2H])[2H])=C(/[2H])C(=O)Cc1cc2c(Nc3ccc(F)c(C)c3)c(C#N)cnc2cc1OC([2H])([2H])C.[2H]/C(CN(C)C([2H])([2H])[2H])=C(/[2H])C(=O)Cc1cc2c(Nc3ccc(F)c(C)c3)c(C#N)cnc2cc1OC([2H])([2H])C([2H])([2H])[2H].[2H]/C(CN(C)C([2H])([2H])[2H])=C(/[2H])C(=O)Cc1cc2c(Nc3ccc(F)c(C)c3)c(C#N)cnc2cc1OCC. The van der Waals surface area contributed by atoms with Gasteiger partial charge in [0.05, 0.1) is 113 Å². The molecule has 0 amide bonds. The highest BCUT2D eigenvalue weighted by molar-refractivity contribution is 6.03. The molecule has 0 aliphatic heterocycles. The molecule has 132 heavy (non-hydrogen) atoms. The molecule has 4 N–H and O–H groups in total. The fourth-order valence-electron chi connectivity index (χ4n) is 12.6. The molecule has 0 saturated heterocycles. The van der Waals surface area contributed by atoms with Crippen molar-refractivity contribution >= 4 is 112 Å². The Morgan fingerprint density at radius 3 is 0.871 bits per heavy atom. The van der Waals surface area contributed by atoms with E-state index in [2.05, 4.69) is 47.3 Å². The zero-order chi connectivity index (χ0) is 122. The fourth-order valence-corrected chi connectivity index (χ4v) is 12.6. The number of benzene rings is 8. The van der Waals surface area contributed by atoms with Crippen LogP contribution in [0.1, 0.15) is 137 Å². The predicted molar refractivity (Wildman–Crippen MR) is 514 cm³/mol. The molecular formula is C104H108F4N16O8. The number of carbonyl (C=O) groups is 4. The van der Waals surface area contributed by atoms with E-state index in [0.29, 0.717) is 96.1 Å². The summed E-state index contributed by atoms with van der Waals surface area (Å²) < 4.78 is 317. The van der Waals surface area contributed by atoms with Gasteiger partial charge in [-0.3, -0.25) is 39.1 Å². The molecule has 12 aromatic rings. The third-order valence-electron chi connectivity index (χ3n) is 18.7. The molecule has 680 valence electrons. The van der Waals surface area contributed by atoms with E-state index in [1.165, 1.54) is 164 Å². The van der Waals surface area contributed by atoms with Crippen molar-refractivity contribution in [3.63, 3.8) is 0 Å². The minimum absolute atomic E-state index is 0.0342. The number of aryl methyl sites for hydroxylation is 4. The number of ether oxygens (including phenoxy) is 4. The summed E-state index contributed by atoms with van der Waals surface area (Å²) in [4.78, 5) is 72.8. The largest absolute Gasteiger partial charge is 0.494 e. The van der Waals surface area contributed by atoms with Gasteiger partial charge in [0.15, 0.2) is 23.1 Å². The van der Waals surface area contributed by atoms with Crippen molar-refractivity contribution in [1.29, 1.82) is 21.0 Å². The number of anilines is 8. The summed E-state index contributed by atoms with van der Waals surface area (Å²) in [6, 6.07) is 30.8. The van der Waals surface area contributed by atoms with Gasteiger partial charge in [-0.25, -0.2) is 17.6 Å². The molecule has 12 rings (SSSR count). The molecule has 0 aliphatic carbocycles. The quantitative estimate of drug-likeness (QED) is 0.0209. The Balaban J connectivity index is 0.000000239. The Labute approximate surface area is 811 Å². The molecule has 4 heterocycles. The summed E-state index contributed by atoms with van der Waals surface area (Å²) in [5.74, 6) is -5.63. The lowest BCUT2D eigenvalue weighted by Crippen LogP contribution is -2.11. The normalized spacial score (nSPS) is 16.1. The molecule has 4 aromatic heterocycles. The lowest BCUT2D eigenvalue weighted by Gasteiger charge is -2.15. The molecule has 8 aromatic carbocycles. The van der Waals surface area contributed by atoms with Gasteiger partial charge in [0, 0.05) is 191 Å². The number of nitrogens with zero attached hydrogens (tertiary/aromatic N) is 12. The number of pyridine rings is 4. The van der Waals surface area contributed by atoms with Gasteiger partial charge in [-0.15, -0.1) is 0 Å². The number of halogens is 4. The molecule has 0 fully saturated rings. The van der Waals surface area contributed by atoms with Crippen LogP contribution in [0.3, 0.4) is 0 Å². The first-order valence-electron chi connectivity index (χ1n) is 55.3. The number of rotatable bonds is 36. The molecule has 0 aliphatic rings. The number of fused-ring (bicyclic) bond motifs is 4. The van der Waals surface area contributed by atoms with Gasteiger partial charge >= 0.3 is 0 Å². The van der Waals surface area contributed by atoms with Crippen molar-refractivity contribution in [3.8, 4) is 47.3 Å². The molecule has 0 unspecified atom stereocenters. The van der Waals surface area contributed by atoms with Crippen molar-refractivity contribution < 1.29 is 98.2 Å². The van der Waals surface area contributed by atoms with Gasteiger partial charge in [0.1, 0.15) is 70.5 Å². The van der Waals surface area contributed by atoms with Gasteiger partial charge in [-0.1, -0.05) is 24.2 Å². The van der Waals surface area contributed by atoms with Crippen LogP contribution in [-0.2, 0) is 44.9 Å². The van der Waals surface area contributed by atoms with Crippen LogP contribution in [0.5, 0.6) is 23.0 Å². The molecule has 0 spiro atoms. The van der Waals surface area contributed by atoms with E-state index >= 15 is 0 Å². The zero-order valence-corrected chi connectivity index (χ0v) is 73.2. The number of ketones is 4. The first-order chi connectivity index (χ1) is 75.4. The second-order valence-electron chi connectivity index (χ2n) is 29.2. The maximum absolute atomic E-state index is 13.9. The molecule has 0 atom stereocenters. The third kappa shape index (κ3) is 28.5. The number of hydrogen-bond donors (Lipinski definition) is 4. The van der Waals surface area contributed by atoms with Crippen LogP contribution in [0, 0.1) is 96.3 Å². The lowest BCUT2D eigenvalue weighted by atomic mass is 10.0. The third-order valence-corrected chi connectivity index (χ3v) is 18.7. The van der Waals surface area contributed by atoms with E-state index in [1.54, 1.807) is 58.9 Å². The van der Waals surface area contributed by atoms with Crippen LogP contribution < -0.4 is 40.2 Å². The van der Waals surface area contributed by atoms with Crippen LogP contribution in [0.2, 0.25) is 0 Å². The van der Waals surface area contributed by atoms with Crippen molar-refractivity contribution in [1.82, 2.24) is 39.5 Å². The maximum atomic E-state index is 13.9. The predicted octanol–water partition coefficient (Wildman–Crippen LogP) is 19.7. The topological polar surface area (TPSA) is 313 Å². The van der Waals surface area contributed by atoms with Gasteiger partial charge < -0.3 is 59.8 Å². The summed E-state index contributed by atoms with van der Waals surface area (Å²) in [6.45, 7) is -16.9. The monoisotopic (exact) mass is 1820 g/mol. The Morgan fingerprint density at radius 1 is 0.386 bits per heavy atom. The van der Waals surface area contributed by atoms with E-state index in [4.69, 9.17) is 61.4 Å². The lowest BCUT2D eigenvalue weighted by molar-refractivity contribution is -0.114. The number of hydrogen-bond acceptors (Lipinski definition) is 24. The van der Waals surface area contributed by atoms with E-state index in [9.17, 15) is 57.8 Å². The molecule has 0 radical (unpaired) electrons. The number of aromatic nitrogens is 4.